The first-order chi connectivity index (χ1) is 12.5. The Kier molecular flexibility index (Phi) is 5.67. The van der Waals surface area contributed by atoms with Gasteiger partial charge in [-0.3, -0.25) is 0 Å². The first-order valence-electron chi connectivity index (χ1n) is 8.66. The molecule has 3 rings (SSSR count). The summed E-state index contributed by atoms with van der Waals surface area (Å²) in [6.07, 6.45) is 0.937. The van der Waals surface area contributed by atoms with Gasteiger partial charge < -0.3 is 9.15 Å². The van der Waals surface area contributed by atoms with Crippen molar-refractivity contribution >= 4 is 11.8 Å². The Hall–Kier alpha value is -2.27. The van der Waals surface area contributed by atoms with Gasteiger partial charge in [-0.15, -0.1) is 10.2 Å². The fourth-order valence-electron chi connectivity index (χ4n) is 2.55. The van der Waals surface area contributed by atoms with Gasteiger partial charge in [-0.05, 0) is 47.2 Å². The molecular formula is C21H24N2O2S. The second-order valence-corrected chi connectivity index (χ2v) is 8.19. The number of rotatable bonds is 6. The van der Waals surface area contributed by atoms with Gasteiger partial charge in [-0.1, -0.05) is 56.8 Å². The van der Waals surface area contributed by atoms with E-state index in [0.29, 0.717) is 11.1 Å². The van der Waals surface area contributed by atoms with Gasteiger partial charge in [0.05, 0.1) is 7.11 Å². The molecule has 1 heterocycles. The summed E-state index contributed by atoms with van der Waals surface area (Å²) in [6.45, 7) is 6.60. The zero-order valence-electron chi connectivity index (χ0n) is 15.7. The number of thioether (sulfide) groups is 1. The van der Waals surface area contributed by atoms with Crippen molar-refractivity contribution < 1.29 is 9.15 Å². The molecule has 0 bridgehead atoms. The minimum absolute atomic E-state index is 0.135. The van der Waals surface area contributed by atoms with Gasteiger partial charge in [0.15, 0.2) is 0 Å². The van der Waals surface area contributed by atoms with Gasteiger partial charge in [0.1, 0.15) is 5.75 Å². The zero-order valence-corrected chi connectivity index (χ0v) is 16.5. The van der Waals surface area contributed by atoms with Crippen LogP contribution in [0.4, 0.5) is 0 Å². The third-order valence-electron chi connectivity index (χ3n) is 4.18. The summed E-state index contributed by atoms with van der Waals surface area (Å²) in [5.41, 5.74) is 3.63. The van der Waals surface area contributed by atoms with Crippen molar-refractivity contribution in [2.24, 2.45) is 0 Å². The molecule has 0 saturated heterocycles. The van der Waals surface area contributed by atoms with E-state index in [1.807, 2.05) is 24.3 Å². The van der Waals surface area contributed by atoms with Gasteiger partial charge in [0.2, 0.25) is 5.89 Å². The van der Waals surface area contributed by atoms with E-state index in [2.05, 4.69) is 55.2 Å². The maximum atomic E-state index is 5.79. The van der Waals surface area contributed by atoms with Crippen LogP contribution in [0.25, 0.3) is 11.5 Å². The summed E-state index contributed by atoms with van der Waals surface area (Å²) in [6, 6.07) is 16.4. The molecule has 26 heavy (non-hydrogen) atoms. The van der Waals surface area contributed by atoms with Crippen LogP contribution in [0.1, 0.15) is 31.9 Å². The summed E-state index contributed by atoms with van der Waals surface area (Å²) in [5, 5.41) is 8.93. The van der Waals surface area contributed by atoms with Crippen LogP contribution in [-0.4, -0.2) is 23.1 Å². The average Bonchev–Trinajstić information content (AvgIpc) is 3.11. The van der Waals surface area contributed by atoms with Crippen LogP contribution in [-0.2, 0) is 11.8 Å². The van der Waals surface area contributed by atoms with Crippen molar-refractivity contribution in [3.63, 3.8) is 0 Å². The Labute approximate surface area is 159 Å². The van der Waals surface area contributed by atoms with E-state index < -0.39 is 0 Å². The summed E-state index contributed by atoms with van der Waals surface area (Å²) in [5.74, 6) is 2.33. The highest BCUT2D eigenvalue weighted by atomic mass is 32.2. The first kappa shape index (κ1) is 18.5. The van der Waals surface area contributed by atoms with Crippen molar-refractivity contribution in [1.29, 1.82) is 0 Å². The smallest absolute Gasteiger partial charge is 0.276 e. The van der Waals surface area contributed by atoms with E-state index in [1.165, 1.54) is 11.1 Å². The molecule has 136 valence electrons. The van der Waals surface area contributed by atoms with Gasteiger partial charge in [-0.2, -0.15) is 0 Å². The Morgan fingerprint density at radius 2 is 1.65 bits per heavy atom. The molecule has 0 aliphatic heterocycles. The minimum Gasteiger partial charge on any atom is -0.497 e. The van der Waals surface area contributed by atoms with Crippen molar-refractivity contribution in [2.75, 3.05) is 12.9 Å². The van der Waals surface area contributed by atoms with Gasteiger partial charge >= 0.3 is 0 Å². The summed E-state index contributed by atoms with van der Waals surface area (Å²) >= 11 is 1.58. The molecule has 0 unspecified atom stereocenters. The molecule has 3 aromatic rings. The van der Waals surface area contributed by atoms with Crippen LogP contribution in [0.5, 0.6) is 5.75 Å². The minimum atomic E-state index is 0.135. The molecule has 4 nitrogen and oxygen atoms in total. The molecule has 0 fully saturated rings. The lowest BCUT2D eigenvalue weighted by Gasteiger charge is -2.18. The molecule has 0 spiro atoms. The molecule has 2 aromatic carbocycles. The number of nitrogens with zero attached hydrogens (tertiary/aromatic N) is 2. The third kappa shape index (κ3) is 4.67. The van der Waals surface area contributed by atoms with Crippen molar-refractivity contribution in [1.82, 2.24) is 10.2 Å². The number of hydrogen-bond donors (Lipinski definition) is 0. The highest BCUT2D eigenvalue weighted by Crippen LogP contribution is 2.27. The highest BCUT2D eigenvalue weighted by molar-refractivity contribution is 7.99. The number of aromatic nitrogens is 2. The molecule has 0 aliphatic carbocycles. The van der Waals surface area contributed by atoms with Crippen molar-refractivity contribution in [3.05, 3.63) is 59.7 Å². The van der Waals surface area contributed by atoms with Crippen molar-refractivity contribution in [3.8, 4) is 17.2 Å². The van der Waals surface area contributed by atoms with E-state index in [1.54, 1.807) is 18.9 Å². The molecule has 0 amide bonds. The van der Waals surface area contributed by atoms with E-state index in [9.17, 15) is 0 Å². The molecule has 0 atom stereocenters. The van der Waals surface area contributed by atoms with E-state index in [-0.39, 0.29) is 5.41 Å². The Morgan fingerprint density at radius 1 is 0.962 bits per heavy atom. The number of methoxy groups -OCH3 is 1. The van der Waals surface area contributed by atoms with Crippen LogP contribution in [0.2, 0.25) is 0 Å². The quantitative estimate of drug-likeness (QED) is 0.547. The molecular weight excluding hydrogens is 344 g/mol. The maximum Gasteiger partial charge on any atom is 0.276 e. The number of aryl methyl sites for hydroxylation is 1. The lowest BCUT2D eigenvalue weighted by molar-refractivity contribution is 0.414. The van der Waals surface area contributed by atoms with Crippen LogP contribution in [0.15, 0.2) is 58.2 Å². The van der Waals surface area contributed by atoms with Crippen LogP contribution in [0, 0.1) is 0 Å². The van der Waals surface area contributed by atoms with Crippen LogP contribution in [0.3, 0.4) is 0 Å². The summed E-state index contributed by atoms with van der Waals surface area (Å²) in [4.78, 5) is 0. The predicted molar refractivity (Wildman–Crippen MR) is 106 cm³/mol. The Balaban J connectivity index is 1.57. The largest absolute Gasteiger partial charge is 0.497 e. The van der Waals surface area contributed by atoms with E-state index in [0.717, 1.165) is 23.5 Å². The number of benzene rings is 2. The highest BCUT2D eigenvalue weighted by Gasteiger charge is 2.14. The third-order valence-corrected chi connectivity index (χ3v) is 5.00. The second-order valence-electron chi connectivity index (χ2n) is 7.15. The maximum absolute atomic E-state index is 5.79. The van der Waals surface area contributed by atoms with Crippen molar-refractivity contribution in [2.45, 2.75) is 37.8 Å². The lowest BCUT2D eigenvalue weighted by atomic mass is 9.87. The van der Waals surface area contributed by atoms with Gasteiger partial charge in [0.25, 0.3) is 5.22 Å². The monoisotopic (exact) mass is 368 g/mol. The number of ether oxygens (including phenoxy) is 1. The predicted octanol–water partition coefficient (Wildman–Crippen LogP) is 5.38. The first-order valence-corrected chi connectivity index (χ1v) is 9.64. The molecule has 1 aromatic heterocycles. The molecule has 0 radical (unpaired) electrons. The average molecular weight is 369 g/mol. The summed E-state index contributed by atoms with van der Waals surface area (Å²) in [7, 11) is 1.68. The van der Waals surface area contributed by atoms with E-state index >= 15 is 0 Å². The number of hydrogen-bond acceptors (Lipinski definition) is 5. The van der Waals surface area contributed by atoms with E-state index in [4.69, 9.17) is 9.15 Å². The Morgan fingerprint density at radius 3 is 2.27 bits per heavy atom. The SMILES string of the molecule is COc1ccc(CCSc2nnc(-c3ccc(C(C)(C)C)cc3)o2)cc1. The standard InChI is InChI=1S/C21H24N2O2S/c1-21(2,3)17-9-7-16(8-10-17)19-22-23-20(25-19)26-14-13-15-5-11-18(24-4)12-6-15/h5-12H,13-14H2,1-4H3. The fraction of sp³-hybridized carbons (Fsp3) is 0.333. The normalized spacial score (nSPS) is 11.5. The Bertz CT molecular complexity index is 834. The van der Waals surface area contributed by atoms with Gasteiger partial charge in [0, 0.05) is 11.3 Å². The summed E-state index contributed by atoms with van der Waals surface area (Å²) < 4.78 is 11.0. The fourth-order valence-corrected chi connectivity index (χ4v) is 3.29. The molecule has 0 N–H and O–H groups in total. The second kappa shape index (κ2) is 7.96. The zero-order chi connectivity index (χ0) is 18.6. The lowest BCUT2D eigenvalue weighted by Crippen LogP contribution is -2.10. The topological polar surface area (TPSA) is 48.2 Å². The molecule has 5 heteroatoms. The van der Waals surface area contributed by atoms with Crippen LogP contribution >= 0.6 is 11.8 Å². The molecule has 0 saturated carbocycles. The van der Waals surface area contributed by atoms with Crippen LogP contribution < -0.4 is 4.74 Å². The van der Waals surface area contributed by atoms with Gasteiger partial charge in [-0.25, -0.2) is 0 Å². The molecule has 0 aliphatic rings.